The van der Waals surface area contributed by atoms with Crippen LogP contribution < -0.4 is 0 Å². The predicted octanol–water partition coefficient (Wildman–Crippen LogP) is 2.29. The van der Waals surface area contributed by atoms with E-state index in [1.807, 2.05) is 31.2 Å². The molecule has 0 heterocycles. The lowest BCUT2D eigenvalue weighted by Crippen LogP contribution is -2.20. The van der Waals surface area contributed by atoms with Gasteiger partial charge in [0, 0.05) is 7.11 Å². The van der Waals surface area contributed by atoms with Gasteiger partial charge < -0.3 is 9.47 Å². The van der Waals surface area contributed by atoms with Crippen LogP contribution in [-0.4, -0.2) is 26.3 Å². The molecule has 1 unspecified atom stereocenters. The van der Waals surface area contributed by atoms with E-state index in [1.54, 1.807) is 14.0 Å². The molecule has 0 aromatic heterocycles. The van der Waals surface area contributed by atoms with Crippen molar-refractivity contribution in [1.29, 1.82) is 0 Å². The molecule has 1 aromatic carbocycles. The van der Waals surface area contributed by atoms with E-state index in [2.05, 4.69) is 0 Å². The predicted molar refractivity (Wildman–Crippen MR) is 62.4 cm³/mol. The molecule has 3 nitrogen and oxygen atoms in total. The minimum atomic E-state index is -0.329. The number of methoxy groups -OCH3 is 1. The van der Waals surface area contributed by atoms with Crippen LogP contribution in [0.15, 0.2) is 24.3 Å². The molecule has 0 spiro atoms. The normalized spacial score (nSPS) is 12.2. The maximum absolute atomic E-state index is 11.7. The minimum Gasteiger partial charge on any atom is -0.465 e. The highest BCUT2D eigenvalue weighted by molar-refractivity contribution is 5.78. The highest BCUT2D eigenvalue weighted by Crippen LogP contribution is 2.19. The van der Waals surface area contributed by atoms with Crippen LogP contribution in [-0.2, 0) is 14.3 Å². The first-order valence-electron chi connectivity index (χ1n) is 5.41. The number of carbonyl (C=O) groups is 1. The summed E-state index contributed by atoms with van der Waals surface area (Å²) in [5, 5.41) is 0. The summed E-state index contributed by atoms with van der Waals surface area (Å²) in [6, 6.07) is 7.85. The molecule has 0 saturated heterocycles. The zero-order valence-corrected chi connectivity index (χ0v) is 10.0. The SMILES string of the molecule is CCOC(=O)C(COC)c1cccc(C)c1. The topological polar surface area (TPSA) is 35.5 Å². The maximum atomic E-state index is 11.7. The molecule has 88 valence electrons. The number of aryl methyl sites for hydroxylation is 1. The fourth-order valence-corrected chi connectivity index (χ4v) is 1.60. The summed E-state index contributed by atoms with van der Waals surface area (Å²) in [7, 11) is 1.59. The maximum Gasteiger partial charge on any atom is 0.315 e. The van der Waals surface area contributed by atoms with Gasteiger partial charge in [-0.05, 0) is 19.4 Å². The quantitative estimate of drug-likeness (QED) is 0.717. The lowest BCUT2D eigenvalue weighted by Gasteiger charge is -2.15. The number of esters is 1. The van der Waals surface area contributed by atoms with Crippen LogP contribution in [0.2, 0.25) is 0 Å². The minimum absolute atomic E-state index is 0.227. The van der Waals surface area contributed by atoms with Gasteiger partial charge in [0.05, 0.1) is 13.2 Å². The molecule has 16 heavy (non-hydrogen) atoms. The van der Waals surface area contributed by atoms with Crippen molar-refractivity contribution in [3.63, 3.8) is 0 Å². The number of hydrogen-bond donors (Lipinski definition) is 0. The first-order valence-corrected chi connectivity index (χ1v) is 5.41. The first-order chi connectivity index (χ1) is 7.69. The molecule has 0 N–H and O–H groups in total. The van der Waals surface area contributed by atoms with E-state index in [0.717, 1.165) is 11.1 Å². The Kier molecular flexibility index (Phi) is 4.99. The second kappa shape index (κ2) is 6.28. The second-order valence-electron chi connectivity index (χ2n) is 3.67. The van der Waals surface area contributed by atoms with Crippen molar-refractivity contribution in [2.24, 2.45) is 0 Å². The van der Waals surface area contributed by atoms with Gasteiger partial charge in [0.15, 0.2) is 0 Å². The third-order valence-corrected chi connectivity index (χ3v) is 2.35. The van der Waals surface area contributed by atoms with Gasteiger partial charge in [0.1, 0.15) is 5.92 Å². The number of benzene rings is 1. The summed E-state index contributed by atoms with van der Waals surface area (Å²) in [6.45, 7) is 4.55. The Morgan fingerprint density at radius 3 is 2.75 bits per heavy atom. The zero-order valence-electron chi connectivity index (χ0n) is 10.0. The highest BCUT2D eigenvalue weighted by Gasteiger charge is 2.21. The highest BCUT2D eigenvalue weighted by atomic mass is 16.5. The molecule has 0 aliphatic heterocycles. The Labute approximate surface area is 96.4 Å². The van der Waals surface area contributed by atoms with Gasteiger partial charge >= 0.3 is 5.97 Å². The summed E-state index contributed by atoms with van der Waals surface area (Å²) in [6.07, 6.45) is 0. The van der Waals surface area contributed by atoms with E-state index in [9.17, 15) is 4.79 Å². The Balaban J connectivity index is 2.88. The Hall–Kier alpha value is -1.35. The van der Waals surface area contributed by atoms with Gasteiger partial charge in [0.25, 0.3) is 0 Å². The molecule has 0 radical (unpaired) electrons. The standard InChI is InChI=1S/C13H18O3/c1-4-16-13(14)12(9-15-3)11-7-5-6-10(2)8-11/h5-8,12H,4,9H2,1-3H3. The van der Waals surface area contributed by atoms with Crippen LogP contribution in [0.1, 0.15) is 24.0 Å². The third-order valence-electron chi connectivity index (χ3n) is 2.35. The molecule has 0 fully saturated rings. The average Bonchev–Trinajstić information content (AvgIpc) is 2.26. The molecule has 1 rings (SSSR count). The lowest BCUT2D eigenvalue weighted by molar-refractivity contribution is -0.146. The third kappa shape index (κ3) is 3.35. The summed E-state index contributed by atoms with van der Waals surface area (Å²) >= 11 is 0. The number of rotatable bonds is 5. The van der Waals surface area contributed by atoms with Crippen molar-refractivity contribution < 1.29 is 14.3 Å². The van der Waals surface area contributed by atoms with E-state index in [0.29, 0.717) is 13.2 Å². The number of hydrogen-bond acceptors (Lipinski definition) is 3. The first kappa shape index (κ1) is 12.7. The van der Waals surface area contributed by atoms with Crippen molar-refractivity contribution in [1.82, 2.24) is 0 Å². The van der Waals surface area contributed by atoms with Crippen molar-refractivity contribution in [2.45, 2.75) is 19.8 Å². The molecule has 1 aromatic rings. The Morgan fingerprint density at radius 1 is 1.44 bits per heavy atom. The molecule has 0 saturated carbocycles. The van der Waals surface area contributed by atoms with Gasteiger partial charge in [-0.15, -0.1) is 0 Å². The van der Waals surface area contributed by atoms with Gasteiger partial charge in [-0.2, -0.15) is 0 Å². The van der Waals surface area contributed by atoms with E-state index in [-0.39, 0.29) is 11.9 Å². The van der Waals surface area contributed by atoms with Crippen molar-refractivity contribution in [3.8, 4) is 0 Å². The summed E-state index contributed by atoms with van der Waals surface area (Å²) in [5.74, 6) is -0.556. The summed E-state index contributed by atoms with van der Waals surface area (Å²) < 4.78 is 10.1. The van der Waals surface area contributed by atoms with Crippen molar-refractivity contribution in [3.05, 3.63) is 35.4 Å². The van der Waals surface area contributed by atoms with Gasteiger partial charge in [-0.1, -0.05) is 29.8 Å². The monoisotopic (exact) mass is 222 g/mol. The van der Waals surface area contributed by atoms with E-state index < -0.39 is 0 Å². The number of ether oxygens (including phenoxy) is 2. The Bertz CT molecular complexity index is 347. The lowest BCUT2D eigenvalue weighted by atomic mass is 9.98. The molecule has 0 aliphatic carbocycles. The van der Waals surface area contributed by atoms with E-state index in [4.69, 9.17) is 9.47 Å². The molecule has 1 atom stereocenters. The van der Waals surface area contributed by atoms with Crippen LogP contribution in [0.3, 0.4) is 0 Å². The van der Waals surface area contributed by atoms with E-state index >= 15 is 0 Å². The molecule has 0 bridgehead atoms. The summed E-state index contributed by atoms with van der Waals surface area (Å²) in [5.41, 5.74) is 2.07. The van der Waals surface area contributed by atoms with Gasteiger partial charge in [-0.3, -0.25) is 4.79 Å². The molecular formula is C13H18O3. The molecular weight excluding hydrogens is 204 g/mol. The van der Waals surface area contributed by atoms with Crippen molar-refractivity contribution in [2.75, 3.05) is 20.3 Å². The summed E-state index contributed by atoms with van der Waals surface area (Å²) in [4.78, 5) is 11.7. The number of carbonyl (C=O) groups excluding carboxylic acids is 1. The average molecular weight is 222 g/mol. The van der Waals surface area contributed by atoms with Crippen LogP contribution in [0.5, 0.6) is 0 Å². The fraction of sp³-hybridized carbons (Fsp3) is 0.462. The molecule has 0 aliphatic rings. The Morgan fingerprint density at radius 2 is 2.19 bits per heavy atom. The van der Waals surface area contributed by atoms with Gasteiger partial charge in [0.2, 0.25) is 0 Å². The van der Waals surface area contributed by atoms with Crippen LogP contribution in [0.25, 0.3) is 0 Å². The van der Waals surface area contributed by atoms with Gasteiger partial charge in [-0.25, -0.2) is 0 Å². The molecule has 3 heteroatoms. The van der Waals surface area contributed by atoms with Crippen LogP contribution in [0.4, 0.5) is 0 Å². The second-order valence-corrected chi connectivity index (χ2v) is 3.67. The van der Waals surface area contributed by atoms with Crippen LogP contribution >= 0.6 is 0 Å². The van der Waals surface area contributed by atoms with Crippen molar-refractivity contribution >= 4 is 5.97 Å². The zero-order chi connectivity index (χ0) is 12.0. The largest absolute Gasteiger partial charge is 0.465 e. The molecule has 0 amide bonds. The van der Waals surface area contributed by atoms with E-state index in [1.165, 1.54) is 0 Å². The fourth-order valence-electron chi connectivity index (χ4n) is 1.60. The smallest absolute Gasteiger partial charge is 0.315 e. The van der Waals surface area contributed by atoms with Crippen LogP contribution in [0, 0.1) is 6.92 Å².